The first-order valence-corrected chi connectivity index (χ1v) is 10.1. The number of rotatable bonds is 5. The number of nitrogens with zero attached hydrogens (tertiary/aromatic N) is 3. The van der Waals surface area contributed by atoms with Crippen molar-refractivity contribution in [1.29, 1.82) is 0 Å². The number of amides is 2. The molecule has 3 N–H and O–H groups in total. The Morgan fingerprint density at radius 1 is 1.16 bits per heavy atom. The minimum absolute atomic E-state index is 0.116. The summed E-state index contributed by atoms with van der Waals surface area (Å²) in [4.78, 5) is 49.0. The monoisotopic (exact) mass is 421 g/mol. The first-order chi connectivity index (χ1) is 14.6. The van der Waals surface area contributed by atoms with Gasteiger partial charge in [0.25, 0.3) is 5.91 Å². The van der Waals surface area contributed by atoms with Crippen molar-refractivity contribution in [2.45, 2.75) is 39.9 Å². The number of aliphatic imine (C=N–C) groups is 1. The van der Waals surface area contributed by atoms with E-state index in [-0.39, 0.29) is 12.3 Å². The molecule has 0 saturated carbocycles. The smallest absolute Gasteiger partial charge is 0.272 e. The minimum Gasteiger partial charge on any atom is -0.325 e. The molecule has 1 aliphatic rings. The number of para-hydroxylation sites is 1. The predicted octanol–water partition coefficient (Wildman–Crippen LogP) is 1.67. The first kappa shape index (κ1) is 22.3. The summed E-state index contributed by atoms with van der Waals surface area (Å²) in [5.74, 6) is -1.14. The highest BCUT2D eigenvalue weighted by Crippen LogP contribution is 2.29. The highest BCUT2D eigenvalue weighted by molar-refractivity contribution is 6.20. The maximum atomic E-state index is 13.5. The predicted molar refractivity (Wildman–Crippen MR) is 119 cm³/mol. The molecule has 3 rings (SSSR count). The van der Waals surface area contributed by atoms with Crippen LogP contribution < -0.4 is 16.0 Å². The van der Waals surface area contributed by atoms with Gasteiger partial charge in [-0.05, 0) is 25.1 Å². The van der Waals surface area contributed by atoms with Crippen LogP contribution in [0.3, 0.4) is 0 Å². The summed E-state index contributed by atoms with van der Waals surface area (Å²) in [5.41, 5.74) is 7.22. The molecular weight excluding hydrogens is 394 g/mol. The normalized spacial score (nSPS) is 17.3. The van der Waals surface area contributed by atoms with Crippen molar-refractivity contribution in [2.75, 3.05) is 11.4 Å². The molecule has 0 fully saturated rings. The quantitative estimate of drug-likeness (QED) is 0.761. The van der Waals surface area contributed by atoms with Crippen molar-refractivity contribution < 1.29 is 14.4 Å². The van der Waals surface area contributed by atoms with Crippen LogP contribution in [-0.4, -0.2) is 47.0 Å². The molecule has 2 atom stereocenters. The molecule has 1 aromatic heterocycles. The third kappa shape index (κ3) is 4.86. The van der Waals surface area contributed by atoms with Gasteiger partial charge in [-0.15, -0.1) is 0 Å². The van der Waals surface area contributed by atoms with E-state index in [9.17, 15) is 14.4 Å². The average Bonchev–Trinajstić information content (AvgIpc) is 2.84. The van der Waals surface area contributed by atoms with Crippen LogP contribution in [-0.2, 0) is 14.4 Å². The number of Topliss-reactive ketones (excluding diaryl/α,β-unsaturated/α-hetero) is 1. The third-order valence-electron chi connectivity index (χ3n) is 4.95. The van der Waals surface area contributed by atoms with E-state index < -0.39 is 29.4 Å². The Morgan fingerprint density at radius 3 is 2.45 bits per heavy atom. The number of hydrogen-bond donors (Lipinski definition) is 2. The van der Waals surface area contributed by atoms with Gasteiger partial charge in [0, 0.05) is 17.2 Å². The molecule has 0 radical (unpaired) electrons. The van der Waals surface area contributed by atoms with Gasteiger partial charge in [-0.25, -0.2) is 4.99 Å². The zero-order chi connectivity index (χ0) is 22.8. The molecule has 0 bridgehead atoms. The molecule has 2 aromatic rings. The molecule has 0 saturated heterocycles. The molecule has 0 aliphatic carbocycles. The van der Waals surface area contributed by atoms with Gasteiger partial charge in [0.05, 0.1) is 29.7 Å². The van der Waals surface area contributed by atoms with E-state index in [4.69, 9.17) is 5.73 Å². The summed E-state index contributed by atoms with van der Waals surface area (Å²) in [7, 11) is 0. The van der Waals surface area contributed by atoms with Crippen LogP contribution in [0, 0.1) is 5.41 Å². The lowest BCUT2D eigenvalue weighted by atomic mass is 9.90. The standard InChI is InChI=1S/C23H27N5O3/c1-14(24)21(30)27-20-22(31)28(13-18(29)23(2,3)4)17-11-6-5-9-15(17)19(26-20)16-10-7-8-12-25-16/h5-12,14,20H,13,24H2,1-4H3,(H,27,30)/t14-,20-/m0/s1. The Labute approximate surface area is 181 Å². The van der Waals surface area contributed by atoms with Gasteiger partial charge in [0.2, 0.25) is 12.1 Å². The minimum atomic E-state index is -1.24. The Hall–Kier alpha value is -3.39. The van der Waals surface area contributed by atoms with Crippen molar-refractivity contribution in [2.24, 2.45) is 16.1 Å². The Bertz CT molecular complexity index is 1030. The van der Waals surface area contributed by atoms with Gasteiger partial charge in [0.1, 0.15) is 0 Å². The maximum absolute atomic E-state index is 13.5. The van der Waals surface area contributed by atoms with Crippen LogP contribution in [0.4, 0.5) is 5.69 Å². The molecule has 1 aliphatic heterocycles. The summed E-state index contributed by atoms with van der Waals surface area (Å²) in [6, 6.07) is 11.7. The number of anilines is 1. The zero-order valence-electron chi connectivity index (χ0n) is 18.1. The van der Waals surface area contributed by atoms with Crippen LogP contribution in [0.25, 0.3) is 0 Å². The van der Waals surface area contributed by atoms with Gasteiger partial charge in [-0.2, -0.15) is 0 Å². The fourth-order valence-electron chi connectivity index (χ4n) is 3.04. The summed E-state index contributed by atoms with van der Waals surface area (Å²) in [5, 5.41) is 2.60. The van der Waals surface area contributed by atoms with Crippen LogP contribution in [0.5, 0.6) is 0 Å². The molecule has 0 unspecified atom stereocenters. The number of nitrogens with two attached hydrogens (primary N) is 1. The van der Waals surface area contributed by atoms with E-state index in [1.807, 2.05) is 18.2 Å². The second-order valence-corrected chi connectivity index (χ2v) is 8.51. The van der Waals surface area contributed by atoms with E-state index in [0.29, 0.717) is 22.7 Å². The van der Waals surface area contributed by atoms with Gasteiger partial charge in [0.15, 0.2) is 5.78 Å². The number of fused-ring (bicyclic) bond motifs is 1. The van der Waals surface area contributed by atoms with Crippen LogP contribution in [0.15, 0.2) is 53.7 Å². The van der Waals surface area contributed by atoms with Crippen LogP contribution in [0.1, 0.15) is 39.0 Å². The van der Waals surface area contributed by atoms with Crippen LogP contribution >= 0.6 is 0 Å². The number of hydrogen-bond acceptors (Lipinski definition) is 6. The topological polar surface area (TPSA) is 118 Å². The summed E-state index contributed by atoms with van der Waals surface area (Å²) >= 11 is 0. The number of nitrogens with one attached hydrogen (secondary N) is 1. The van der Waals surface area contributed by atoms with E-state index in [0.717, 1.165) is 0 Å². The summed E-state index contributed by atoms with van der Waals surface area (Å²) in [6.07, 6.45) is 0.388. The third-order valence-corrected chi connectivity index (χ3v) is 4.95. The van der Waals surface area contributed by atoms with Crippen molar-refractivity contribution in [1.82, 2.24) is 10.3 Å². The molecule has 31 heavy (non-hydrogen) atoms. The van der Waals surface area contributed by atoms with E-state index in [1.165, 1.54) is 11.8 Å². The van der Waals surface area contributed by atoms with Crippen LogP contribution in [0.2, 0.25) is 0 Å². The highest BCUT2D eigenvalue weighted by Gasteiger charge is 2.36. The first-order valence-electron chi connectivity index (χ1n) is 10.1. The molecule has 8 nitrogen and oxygen atoms in total. The molecule has 8 heteroatoms. The second kappa shape index (κ2) is 8.77. The van der Waals surface area contributed by atoms with Gasteiger partial charge < -0.3 is 16.0 Å². The van der Waals surface area contributed by atoms with Crippen molar-refractivity contribution >= 4 is 29.0 Å². The molecule has 0 spiro atoms. The maximum Gasteiger partial charge on any atom is 0.272 e. The van der Waals surface area contributed by atoms with Crippen molar-refractivity contribution in [3.8, 4) is 0 Å². The van der Waals surface area contributed by atoms with Crippen molar-refractivity contribution in [3.63, 3.8) is 0 Å². The molecule has 162 valence electrons. The fraction of sp³-hybridized carbons (Fsp3) is 0.348. The molecule has 1 aromatic carbocycles. The van der Waals surface area contributed by atoms with Crippen molar-refractivity contribution in [3.05, 3.63) is 59.9 Å². The molecular formula is C23H27N5O3. The summed E-state index contributed by atoms with van der Waals surface area (Å²) in [6.45, 7) is 6.78. The van der Waals surface area contributed by atoms with E-state index in [1.54, 1.807) is 51.2 Å². The second-order valence-electron chi connectivity index (χ2n) is 8.51. The number of pyridine rings is 1. The van der Waals surface area contributed by atoms with Gasteiger partial charge in [-0.1, -0.05) is 45.0 Å². The highest BCUT2D eigenvalue weighted by atomic mass is 16.2. The number of carbonyl (C=O) groups is 3. The van der Waals surface area contributed by atoms with Gasteiger partial charge in [-0.3, -0.25) is 19.4 Å². The average molecular weight is 422 g/mol. The number of ketones is 1. The lowest BCUT2D eigenvalue weighted by molar-refractivity contribution is -0.129. The van der Waals surface area contributed by atoms with Gasteiger partial charge >= 0.3 is 0 Å². The number of benzene rings is 1. The largest absolute Gasteiger partial charge is 0.325 e. The SMILES string of the molecule is C[C@H](N)C(=O)N[C@@H]1N=C(c2ccccn2)c2ccccc2N(CC(=O)C(C)(C)C)C1=O. The number of aromatic nitrogens is 1. The van der Waals surface area contributed by atoms with E-state index in [2.05, 4.69) is 15.3 Å². The summed E-state index contributed by atoms with van der Waals surface area (Å²) < 4.78 is 0. The number of benzodiazepines with no additional fused rings is 1. The lowest BCUT2D eigenvalue weighted by Gasteiger charge is -2.28. The fourth-order valence-corrected chi connectivity index (χ4v) is 3.04. The zero-order valence-corrected chi connectivity index (χ0v) is 18.1. The number of carbonyl (C=O) groups excluding carboxylic acids is 3. The Morgan fingerprint density at radius 2 is 1.84 bits per heavy atom. The molecule has 2 heterocycles. The van der Waals surface area contributed by atoms with E-state index >= 15 is 0 Å². The molecule has 2 amide bonds. The Kier molecular flexibility index (Phi) is 6.31. The lowest BCUT2D eigenvalue weighted by Crippen LogP contribution is -2.52. The Balaban J connectivity index is 2.16.